The Hall–Kier alpha value is -1.96. The fourth-order valence-electron chi connectivity index (χ4n) is 3.24. The number of hydrogen-bond acceptors (Lipinski definition) is 7. The standard InChI is InChI=1S/C18H22N4O3.2ClH/c1-23-15-9-17-16(24-6-7-25-17)8-12(15)10-20-18-13-2-4-19-5-3-14(13)21-11-22-18;;/h8-9,11,19H,2-7,10H2,1H3,(H,20,21,22);2*1H. The molecule has 4 rings (SSSR count). The van der Waals surface area contributed by atoms with E-state index in [4.69, 9.17) is 14.2 Å². The summed E-state index contributed by atoms with van der Waals surface area (Å²) >= 11 is 0. The van der Waals surface area contributed by atoms with Gasteiger partial charge < -0.3 is 24.8 Å². The van der Waals surface area contributed by atoms with Crippen molar-refractivity contribution in [1.29, 1.82) is 0 Å². The average Bonchev–Trinajstić information content (AvgIpc) is 2.91. The van der Waals surface area contributed by atoms with Gasteiger partial charge >= 0.3 is 0 Å². The summed E-state index contributed by atoms with van der Waals surface area (Å²) < 4.78 is 16.8. The zero-order valence-electron chi connectivity index (χ0n) is 15.1. The van der Waals surface area contributed by atoms with Crippen molar-refractivity contribution in [2.24, 2.45) is 0 Å². The zero-order chi connectivity index (χ0) is 17.1. The van der Waals surface area contributed by atoms with Crippen LogP contribution in [0, 0.1) is 0 Å². The van der Waals surface area contributed by atoms with Crippen molar-refractivity contribution in [3.05, 3.63) is 35.3 Å². The largest absolute Gasteiger partial charge is 0.496 e. The summed E-state index contributed by atoms with van der Waals surface area (Å²) in [5.74, 6) is 3.16. The highest BCUT2D eigenvalue weighted by Gasteiger charge is 2.18. The van der Waals surface area contributed by atoms with Gasteiger partial charge in [-0.3, -0.25) is 0 Å². The third-order valence-electron chi connectivity index (χ3n) is 4.52. The zero-order valence-corrected chi connectivity index (χ0v) is 16.8. The van der Waals surface area contributed by atoms with Crippen molar-refractivity contribution in [3.8, 4) is 17.2 Å². The molecule has 0 amide bonds. The molecule has 9 heteroatoms. The topological polar surface area (TPSA) is 77.5 Å². The molecule has 0 fully saturated rings. The summed E-state index contributed by atoms with van der Waals surface area (Å²) in [6.07, 6.45) is 3.49. The lowest BCUT2D eigenvalue weighted by molar-refractivity contribution is 0.170. The van der Waals surface area contributed by atoms with Crippen LogP contribution in [0.2, 0.25) is 0 Å². The van der Waals surface area contributed by atoms with Crippen molar-refractivity contribution < 1.29 is 14.2 Å². The molecule has 0 saturated carbocycles. The Labute approximate surface area is 171 Å². The van der Waals surface area contributed by atoms with Gasteiger partial charge in [0.25, 0.3) is 0 Å². The fourth-order valence-corrected chi connectivity index (χ4v) is 3.24. The molecular weight excluding hydrogens is 391 g/mol. The number of nitrogens with zero attached hydrogens (tertiary/aromatic N) is 2. The van der Waals surface area contributed by atoms with E-state index in [1.807, 2.05) is 12.1 Å². The van der Waals surface area contributed by atoms with Gasteiger partial charge in [0.1, 0.15) is 31.1 Å². The highest BCUT2D eigenvalue weighted by Crippen LogP contribution is 2.37. The lowest BCUT2D eigenvalue weighted by atomic mass is 10.1. The van der Waals surface area contributed by atoms with Gasteiger partial charge in [-0.05, 0) is 19.0 Å². The summed E-state index contributed by atoms with van der Waals surface area (Å²) in [7, 11) is 1.66. The molecular formula is C18H24Cl2N4O3. The Balaban J connectivity index is 0.00000131. The van der Waals surface area contributed by atoms with Crippen LogP contribution in [0.5, 0.6) is 17.2 Å². The molecule has 0 bridgehead atoms. The van der Waals surface area contributed by atoms with E-state index in [0.717, 1.165) is 60.3 Å². The summed E-state index contributed by atoms with van der Waals surface area (Å²) in [5.41, 5.74) is 3.33. The molecule has 2 N–H and O–H groups in total. The normalized spacial score (nSPS) is 14.7. The van der Waals surface area contributed by atoms with E-state index in [-0.39, 0.29) is 24.8 Å². The first-order valence-corrected chi connectivity index (χ1v) is 8.59. The van der Waals surface area contributed by atoms with E-state index in [1.54, 1.807) is 13.4 Å². The number of ether oxygens (including phenoxy) is 3. The van der Waals surface area contributed by atoms with Gasteiger partial charge in [-0.2, -0.15) is 0 Å². The molecule has 7 nitrogen and oxygen atoms in total. The smallest absolute Gasteiger partial charge is 0.165 e. The van der Waals surface area contributed by atoms with E-state index in [1.165, 1.54) is 5.56 Å². The summed E-state index contributed by atoms with van der Waals surface area (Å²) in [4.78, 5) is 8.88. The SMILES string of the molecule is COc1cc2c(cc1CNc1ncnc3c1CCNCC3)OCCO2.Cl.Cl. The van der Waals surface area contributed by atoms with Gasteiger partial charge in [-0.15, -0.1) is 24.8 Å². The molecule has 0 spiro atoms. The van der Waals surface area contributed by atoms with Crippen LogP contribution < -0.4 is 24.8 Å². The van der Waals surface area contributed by atoms with Crippen LogP contribution in [0.15, 0.2) is 18.5 Å². The maximum atomic E-state index is 5.68. The van der Waals surface area contributed by atoms with Gasteiger partial charge in [0.05, 0.1) is 12.8 Å². The van der Waals surface area contributed by atoms with Crippen LogP contribution in [0.25, 0.3) is 0 Å². The van der Waals surface area contributed by atoms with Crippen molar-refractivity contribution in [2.75, 3.05) is 38.7 Å². The van der Waals surface area contributed by atoms with E-state index < -0.39 is 0 Å². The van der Waals surface area contributed by atoms with Crippen LogP contribution >= 0.6 is 24.8 Å². The van der Waals surface area contributed by atoms with E-state index in [9.17, 15) is 0 Å². The molecule has 0 atom stereocenters. The predicted molar refractivity (Wildman–Crippen MR) is 108 cm³/mol. The minimum absolute atomic E-state index is 0. The lowest BCUT2D eigenvalue weighted by Crippen LogP contribution is -2.16. The number of nitrogens with one attached hydrogen (secondary N) is 2. The van der Waals surface area contributed by atoms with Crippen LogP contribution in [0.1, 0.15) is 16.8 Å². The molecule has 2 aliphatic heterocycles. The number of methoxy groups -OCH3 is 1. The minimum Gasteiger partial charge on any atom is -0.496 e. The van der Waals surface area contributed by atoms with E-state index in [0.29, 0.717) is 19.8 Å². The van der Waals surface area contributed by atoms with Gasteiger partial charge in [-0.25, -0.2) is 9.97 Å². The maximum absolute atomic E-state index is 5.68. The quantitative estimate of drug-likeness (QED) is 0.794. The van der Waals surface area contributed by atoms with Crippen molar-refractivity contribution in [3.63, 3.8) is 0 Å². The van der Waals surface area contributed by atoms with Gasteiger partial charge in [0, 0.05) is 36.7 Å². The first kappa shape index (κ1) is 21.3. The summed E-state index contributed by atoms with van der Waals surface area (Å²) in [6, 6.07) is 3.86. The second-order valence-corrected chi connectivity index (χ2v) is 6.06. The number of rotatable bonds is 4. The first-order chi connectivity index (χ1) is 12.3. The predicted octanol–water partition coefficient (Wildman–Crippen LogP) is 2.40. The van der Waals surface area contributed by atoms with Crippen LogP contribution in [0.3, 0.4) is 0 Å². The lowest BCUT2D eigenvalue weighted by Gasteiger charge is -2.21. The number of halogens is 2. The Kier molecular flexibility index (Phi) is 7.77. The Morgan fingerprint density at radius 3 is 2.59 bits per heavy atom. The Bertz CT molecular complexity index is 777. The third-order valence-corrected chi connectivity index (χ3v) is 4.52. The minimum atomic E-state index is 0. The van der Waals surface area contributed by atoms with Crippen LogP contribution in [-0.4, -0.2) is 43.4 Å². The third kappa shape index (κ3) is 4.66. The van der Waals surface area contributed by atoms with Crippen molar-refractivity contribution in [2.45, 2.75) is 19.4 Å². The number of anilines is 1. The molecule has 2 aromatic rings. The van der Waals surface area contributed by atoms with E-state index in [2.05, 4.69) is 20.6 Å². The van der Waals surface area contributed by atoms with Gasteiger partial charge in [0.15, 0.2) is 11.5 Å². The molecule has 27 heavy (non-hydrogen) atoms. The maximum Gasteiger partial charge on any atom is 0.165 e. The van der Waals surface area contributed by atoms with Crippen LogP contribution in [-0.2, 0) is 19.4 Å². The summed E-state index contributed by atoms with van der Waals surface area (Å²) in [5, 5.41) is 6.84. The highest BCUT2D eigenvalue weighted by molar-refractivity contribution is 5.85. The second-order valence-electron chi connectivity index (χ2n) is 6.06. The Morgan fingerprint density at radius 1 is 1.07 bits per heavy atom. The average molecular weight is 415 g/mol. The molecule has 0 unspecified atom stereocenters. The highest BCUT2D eigenvalue weighted by atomic mass is 35.5. The molecule has 3 heterocycles. The molecule has 0 saturated heterocycles. The number of aromatic nitrogens is 2. The molecule has 2 aliphatic rings. The molecule has 0 aliphatic carbocycles. The number of fused-ring (bicyclic) bond motifs is 2. The van der Waals surface area contributed by atoms with E-state index >= 15 is 0 Å². The van der Waals surface area contributed by atoms with Gasteiger partial charge in [0.2, 0.25) is 0 Å². The van der Waals surface area contributed by atoms with Crippen molar-refractivity contribution >= 4 is 30.6 Å². The molecule has 1 aromatic heterocycles. The fraction of sp³-hybridized carbons (Fsp3) is 0.444. The van der Waals surface area contributed by atoms with Crippen LogP contribution in [0.4, 0.5) is 5.82 Å². The number of hydrogen-bond donors (Lipinski definition) is 2. The molecule has 1 aromatic carbocycles. The Morgan fingerprint density at radius 2 is 1.81 bits per heavy atom. The van der Waals surface area contributed by atoms with Gasteiger partial charge in [-0.1, -0.05) is 0 Å². The first-order valence-electron chi connectivity index (χ1n) is 8.59. The summed E-state index contributed by atoms with van der Waals surface area (Å²) in [6.45, 7) is 3.63. The molecule has 148 valence electrons. The second kappa shape index (κ2) is 9.82. The number of benzene rings is 1. The van der Waals surface area contributed by atoms with Crippen molar-refractivity contribution in [1.82, 2.24) is 15.3 Å². The molecule has 0 radical (unpaired) electrons. The monoisotopic (exact) mass is 414 g/mol.